The van der Waals surface area contributed by atoms with Crippen LogP contribution in [0.4, 0.5) is 5.69 Å². The van der Waals surface area contributed by atoms with Gasteiger partial charge in [0.15, 0.2) is 0 Å². The topological polar surface area (TPSA) is 96.3 Å². The number of hydrogen-bond acceptors (Lipinski definition) is 4. The van der Waals surface area contributed by atoms with Gasteiger partial charge in [0, 0.05) is 40.1 Å². The summed E-state index contributed by atoms with van der Waals surface area (Å²) in [6.07, 6.45) is 3.50. The van der Waals surface area contributed by atoms with Crippen molar-refractivity contribution >= 4 is 56.2 Å². The number of nitrogens with one attached hydrogen (secondary N) is 3. The SMILES string of the molecule is CC(=O)Nc1ccc2c3c4ccccc4n(-c4ccn[nH]4)c3n(-c3ccn[nH]3)c2c1Sc1ccccc1. The number of para-hydroxylation sites is 1. The molecule has 180 valence electrons. The van der Waals surface area contributed by atoms with E-state index in [1.54, 1.807) is 24.2 Å². The van der Waals surface area contributed by atoms with Crippen LogP contribution in [0.5, 0.6) is 0 Å². The zero-order chi connectivity index (χ0) is 24.9. The highest BCUT2D eigenvalue weighted by Crippen LogP contribution is 2.46. The Kier molecular flexibility index (Phi) is 4.90. The van der Waals surface area contributed by atoms with Crippen molar-refractivity contribution < 1.29 is 4.79 Å². The van der Waals surface area contributed by atoms with E-state index in [-0.39, 0.29) is 5.91 Å². The van der Waals surface area contributed by atoms with Crippen LogP contribution in [0.25, 0.3) is 44.5 Å². The van der Waals surface area contributed by atoms with Gasteiger partial charge in [-0.15, -0.1) is 0 Å². The smallest absolute Gasteiger partial charge is 0.221 e. The fraction of sp³-hybridized carbons (Fsp3) is 0.0357. The lowest BCUT2D eigenvalue weighted by Gasteiger charge is -2.15. The first-order valence-corrected chi connectivity index (χ1v) is 12.6. The van der Waals surface area contributed by atoms with Crippen molar-refractivity contribution in [1.29, 1.82) is 0 Å². The summed E-state index contributed by atoms with van der Waals surface area (Å²) < 4.78 is 4.38. The molecule has 3 N–H and O–H groups in total. The number of benzene rings is 3. The van der Waals surface area contributed by atoms with Crippen LogP contribution in [0.1, 0.15) is 6.92 Å². The molecule has 9 heteroatoms. The summed E-state index contributed by atoms with van der Waals surface area (Å²) in [6, 6.07) is 26.6. The van der Waals surface area contributed by atoms with E-state index in [0.29, 0.717) is 0 Å². The summed E-state index contributed by atoms with van der Waals surface area (Å²) in [5.41, 5.74) is 3.77. The van der Waals surface area contributed by atoms with Crippen molar-refractivity contribution in [1.82, 2.24) is 29.5 Å². The van der Waals surface area contributed by atoms with Crippen LogP contribution in [-0.4, -0.2) is 35.4 Å². The zero-order valence-electron chi connectivity index (χ0n) is 19.8. The fourth-order valence-corrected chi connectivity index (χ4v) is 6.08. The molecule has 3 aromatic carbocycles. The van der Waals surface area contributed by atoms with E-state index in [0.717, 1.165) is 60.0 Å². The maximum absolute atomic E-state index is 12.2. The number of H-pyrrole nitrogens is 2. The number of anilines is 1. The Morgan fingerprint density at radius 3 is 2.22 bits per heavy atom. The molecule has 4 heterocycles. The van der Waals surface area contributed by atoms with E-state index in [1.165, 1.54) is 6.92 Å². The number of amides is 1. The highest BCUT2D eigenvalue weighted by atomic mass is 32.2. The van der Waals surface area contributed by atoms with Crippen LogP contribution in [0.3, 0.4) is 0 Å². The van der Waals surface area contributed by atoms with Crippen molar-refractivity contribution in [2.45, 2.75) is 16.7 Å². The molecule has 0 fully saturated rings. The maximum Gasteiger partial charge on any atom is 0.221 e. The molecule has 7 aromatic rings. The number of hydrogen-bond donors (Lipinski definition) is 3. The largest absolute Gasteiger partial charge is 0.325 e. The molecule has 0 aliphatic carbocycles. The third kappa shape index (κ3) is 3.35. The highest BCUT2D eigenvalue weighted by Gasteiger charge is 2.26. The quantitative estimate of drug-likeness (QED) is 0.257. The number of carbonyl (C=O) groups is 1. The summed E-state index contributed by atoms with van der Waals surface area (Å²) in [4.78, 5) is 14.2. The molecule has 0 aliphatic heterocycles. The first-order chi connectivity index (χ1) is 18.2. The Balaban J connectivity index is 1.69. The van der Waals surface area contributed by atoms with Crippen LogP contribution in [0, 0.1) is 0 Å². The number of rotatable bonds is 5. The Hall–Kier alpha value is -4.76. The van der Waals surface area contributed by atoms with Crippen LogP contribution < -0.4 is 5.32 Å². The molecule has 1 amide bonds. The monoisotopic (exact) mass is 503 g/mol. The molecule has 4 aromatic heterocycles. The lowest BCUT2D eigenvalue weighted by atomic mass is 10.1. The van der Waals surface area contributed by atoms with Crippen molar-refractivity contribution in [3.63, 3.8) is 0 Å². The predicted octanol–water partition coefficient (Wildman–Crippen LogP) is 6.28. The summed E-state index contributed by atoms with van der Waals surface area (Å²) in [5, 5.41) is 21.2. The first-order valence-electron chi connectivity index (χ1n) is 11.8. The molecule has 7 rings (SSSR count). The molecule has 0 atom stereocenters. The van der Waals surface area contributed by atoms with Gasteiger partial charge in [-0.2, -0.15) is 10.2 Å². The predicted molar refractivity (Wildman–Crippen MR) is 147 cm³/mol. The third-order valence-corrected chi connectivity index (χ3v) is 7.54. The van der Waals surface area contributed by atoms with Gasteiger partial charge in [0.05, 0.1) is 34.0 Å². The third-order valence-electron chi connectivity index (χ3n) is 6.41. The molecule has 8 nitrogen and oxygen atoms in total. The van der Waals surface area contributed by atoms with Crippen molar-refractivity contribution in [2.75, 3.05) is 5.32 Å². The second-order valence-corrected chi connectivity index (χ2v) is 9.79. The van der Waals surface area contributed by atoms with Crippen molar-refractivity contribution in [2.24, 2.45) is 0 Å². The Bertz CT molecular complexity index is 1900. The summed E-state index contributed by atoms with van der Waals surface area (Å²) in [5.74, 6) is 1.55. The Morgan fingerprint density at radius 2 is 1.51 bits per heavy atom. The summed E-state index contributed by atoms with van der Waals surface area (Å²) in [7, 11) is 0. The molecule has 0 radical (unpaired) electrons. The number of aromatic nitrogens is 6. The minimum absolute atomic E-state index is 0.120. The average Bonchev–Trinajstić information content (AvgIpc) is 3.70. The Morgan fingerprint density at radius 1 is 0.811 bits per heavy atom. The van der Waals surface area contributed by atoms with Gasteiger partial charge in [0.1, 0.15) is 17.3 Å². The lowest BCUT2D eigenvalue weighted by molar-refractivity contribution is -0.114. The van der Waals surface area contributed by atoms with Gasteiger partial charge in [-0.3, -0.25) is 24.1 Å². The van der Waals surface area contributed by atoms with Gasteiger partial charge in [0.25, 0.3) is 0 Å². The van der Waals surface area contributed by atoms with Crippen molar-refractivity contribution in [3.05, 3.63) is 91.3 Å². The van der Waals surface area contributed by atoms with E-state index >= 15 is 0 Å². The molecule has 0 saturated heterocycles. The van der Waals surface area contributed by atoms with Gasteiger partial charge < -0.3 is 5.32 Å². The summed E-state index contributed by atoms with van der Waals surface area (Å²) >= 11 is 1.63. The van der Waals surface area contributed by atoms with E-state index in [4.69, 9.17) is 0 Å². The normalized spacial score (nSPS) is 11.6. The molecule has 0 bridgehead atoms. The highest BCUT2D eigenvalue weighted by molar-refractivity contribution is 7.99. The first kappa shape index (κ1) is 21.5. The molecular formula is C28H21N7OS. The number of fused-ring (bicyclic) bond motifs is 5. The van der Waals surface area contributed by atoms with Crippen LogP contribution in [-0.2, 0) is 4.79 Å². The number of carbonyl (C=O) groups excluding carboxylic acids is 1. The van der Waals surface area contributed by atoms with Crippen LogP contribution >= 0.6 is 11.8 Å². The minimum atomic E-state index is -0.120. The Labute approximate surface area is 215 Å². The molecule has 0 unspecified atom stereocenters. The second-order valence-electron chi connectivity index (χ2n) is 8.71. The average molecular weight is 504 g/mol. The van der Waals surface area contributed by atoms with Gasteiger partial charge in [-0.1, -0.05) is 48.2 Å². The molecule has 0 saturated carbocycles. The van der Waals surface area contributed by atoms with E-state index in [2.05, 4.69) is 71.2 Å². The number of aromatic amines is 2. The van der Waals surface area contributed by atoms with Gasteiger partial charge in [0.2, 0.25) is 5.91 Å². The summed E-state index contributed by atoms with van der Waals surface area (Å²) in [6.45, 7) is 1.53. The zero-order valence-corrected chi connectivity index (χ0v) is 20.6. The molecule has 0 spiro atoms. The maximum atomic E-state index is 12.2. The van der Waals surface area contributed by atoms with Gasteiger partial charge in [-0.25, -0.2) is 0 Å². The second kappa shape index (κ2) is 8.42. The standard InChI is InChI=1S/C28H21N7OS/c1-17(36)31-21-12-11-20-25-19-9-5-6-10-22(19)34(23-13-15-29-32-23)28(25)35(24-14-16-30-33-24)26(20)27(21)37-18-7-3-2-4-8-18/h2-16H,1H3,(H,29,32)(H,30,33)(H,31,36). The van der Waals surface area contributed by atoms with E-state index < -0.39 is 0 Å². The van der Waals surface area contributed by atoms with Crippen molar-refractivity contribution in [3.8, 4) is 11.6 Å². The number of nitrogens with zero attached hydrogens (tertiary/aromatic N) is 4. The fourth-order valence-electron chi connectivity index (χ4n) is 5.03. The molecular weight excluding hydrogens is 482 g/mol. The molecule has 0 aliphatic rings. The van der Waals surface area contributed by atoms with Crippen LogP contribution in [0.2, 0.25) is 0 Å². The van der Waals surface area contributed by atoms with Gasteiger partial charge in [-0.05, 0) is 30.3 Å². The lowest BCUT2D eigenvalue weighted by Crippen LogP contribution is -2.08. The molecule has 37 heavy (non-hydrogen) atoms. The van der Waals surface area contributed by atoms with E-state index in [9.17, 15) is 4.79 Å². The van der Waals surface area contributed by atoms with Gasteiger partial charge >= 0.3 is 0 Å². The van der Waals surface area contributed by atoms with Crippen LogP contribution in [0.15, 0.2) is 101 Å². The minimum Gasteiger partial charge on any atom is -0.325 e. The van der Waals surface area contributed by atoms with E-state index in [1.807, 2.05) is 42.5 Å².